The summed E-state index contributed by atoms with van der Waals surface area (Å²) in [6.45, 7) is 10.3. The lowest BCUT2D eigenvalue weighted by atomic mass is 10.2. The van der Waals surface area contributed by atoms with Crippen molar-refractivity contribution in [1.29, 1.82) is 0 Å². The molecule has 3 aromatic rings. The van der Waals surface area contributed by atoms with Crippen LogP contribution in [0.4, 0.5) is 0 Å². The molecule has 1 aromatic carbocycles. The number of H-pyrrole nitrogens is 1. The maximum atomic E-state index is 12.7. The van der Waals surface area contributed by atoms with Gasteiger partial charge in [0.15, 0.2) is 0 Å². The summed E-state index contributed by atoms with van der Waals surface area (Å²) in [4.78, 5) is 24.4. The van der Waals surface area contributed by atoms with Gasteiger partial charge in [-0.1, -0.05) is 17.7 Å². The molecule has 1 amide bonds. The third kappa shape index (κ3) is 4.39. The van der Waals surface area contributed by atoms with E-state index in [4.69, 9.17) is 0 Å². The summed E-state index contributed by atoms with van der Waals surface area (Å²) in [5.74, 6) is 1.05. The summed E-state index contributed by atoms with van der Waals surface area (Å²) >= 11 is 0. The van der Waals surface area contributed by atoms with E-state index in [0.29, 0.717) is 0 Å². The number of amides is 1. The van der Waals surface area contributed by atoms with Gasteiger partial charge in [-0.3, -0.25) is 9.69 Å². The third-order valence-electron chi connectivity index (χ3n) is 5.78. The molecular formula is C24H29N5O. The van der Waals surface area contributed by atoms with E-state index < -0.39 is 0 Å². The predicted molar refractivity (Wildman–Crippen MR) is 119 cm³/mol. The Bertz CT molecular complexity index is 1020. The average Bonchev–Trinajstić information content (AvgIpc) is 3.35. The van der Waals surface area contributed by atoms with Crippen molar-refractivity contribution in [3.8, 4) is 5.69 Å². The van der Waals surface area contributed by atoms with Gasteiger partial charge in [-0.25, -0.2) is 4.98 Å². The van der Waals surface area contributed by atoms with Crippen molar-refractivity contribution in [1.82, 2.24) is 24.3 Å². The highest BCUT2D eigenvalue weighted by Gasteiger charge is 2.20. The zero-order valence-corrected chi connectivity index (χ0v) is 17.9. The maximum absolute atomic E-state index is 12.7. The molecule has 3 heterocycles. The Balaban J connectivity index is 1.39. The van der Waals surface area contributed by atoms with Crippen LogP contribution in [-0.4, -0.2) is 56.4 Å². The van der Waals surface area contributed by atoms with E-state index in [0.717, 1.165) is 61.2 Å². The van der Waals surface area contributed by atoms with E-state index in [-0.39, 0.29) is 5.91 Å². The van der Waals surface area contributed by atoms with Crippen LogP contribution in [0.1, 0.15) is 28.3 Å². The zero-order valence-electron chi connectivity index (χ0n) is 17.9. The van der Waals surface area contributed by atoms with Gasteiger partial charge in [-0.15, -0.1) is 0 Å². The van der Waals surface area contributed by atoms with Crippen molar-refractivity contribution in [3.63, 3.8) is 0 Å². The summed E-state index contributed by atoms with van der Waals surface area (Å²) in [6.07, 6.45) is 7.28. The first-order valence-electron chi connectivity index (χ1n) is 10.4. The quantitative estimate of drug-likeness (QED) is 0.664. The lowest BCUT2D eigenvalue weighted by Gasteiger charge is -2.33. The molecule has 1 fully saturated rings. The summed E-state index contributed by atoms with van der Waals surface area (Å²) in [5.41, 5.74) is 5.78. The molecule has 6 nitrogen and oxygen atoms in total. The molecular weight excluding hydrogens is 374 g/mol. The Labute approximate surface area is 177 Å². The number of aromatic nitrogens is 3. The molecule has 30 heavy (non-hydrogen) atoms. The first-order valence-corrected chi connectivity index (χ1v) is 10.4. The van der Waals surface area contributed by atoms with E-state index in [2.05, 4.69) is 70.5 Å². The molecule has 0 radical (unpaired) electrons. The molecule has 156 valence electrons. The van der Waals surface area contributed by atoms with Gasteiger partial charge in [-0.2, -0.15) is 0 Å². The van der Waals surface area contributed by atoms with Crippen molar-refractivity contribution in [3.05, 3.63) is 77.1 Å². The van der Waals surface area contributed by atoms with Gasteiger partial charge >= 0.3 is 0 Å². The van der Waals surface area contributed by atoms with Crippen molar-refractivity contribution < 1.29 is 4.79 Å². The smallest absolute Gasteiger partial charge is 0.246 e. The number of hydrogen-bond donors (Lipinski definition) is 1. The van der Waals surface area contributed by atoms with Gasteiger partial charge < -0.3 is 14.5 Å². The summed E-state index contributed by atoms with van der Waals surface area (Å²) < 4.78 is 2.23. The van der Waals surface area contributed by atoms with Gasteiger partial charge in [0.05, 0.1) is 6.54 Å². The molecule has 1 aliphatic rings. The van der Waals surface area contributed by atoms with Crippen molar-refractivity contribution >= 4 is 12.0 Å². The fourth-order valence-corrected chi connectivity index (χ4v) is 4.04. The minimum Gasteiger partial charge on any atom is -0.348 e. The molecule has 4 rings (SSSR count). The van der Waals surface area contributed by atoms with Crippen molar-refractivity contribution in [2.45, 2.75) is 27.3 Å². The van der Waals surface area contributed by atoms with E-state index in [1.54, 1.807) is 12.3 Å². The summed E-state index contributed by atoms with van der Waals surface area (Å²) in [5, 5.41) is 0. The second kappa shape index (κ2) is 8.71. The van der Waals surface area contributed by atoms with Crippen LogP contribution in [0.5, 0.6) is 0 Å². The first kappa shape index (κ1) is 20.2. The number of aromatic amines is 1. The highest BCUT2D eigenvalue weighted by atomic mass is 16.2. The van der Waals surface area contributed by atoms with Crippen LogP contribution in [0.25, 0.3) is 11.8 Å². The second-order valence-electron chi connectivity index (χ2n) is 7.97. The zero-order chi connectivity index (χ0) is 21.1. The Morgan fingerprint density at radius 3 is 2.50 bits per heavy atom. The van der Waals surface area contributed by atoms with Gasteiger partial charge in [0.1, 0.15) is 5.82 Å². The van der Waals surface area contributed by atoms with E-state index in [1.165, 1.54) is 5.56 Å². The number of hydrogen-bond acceptors (Lipinski definition) is 3. The number of imidazole rings is 1. The second-order valence-corrected chi connectivity index (χ2v) is 7.97. The van der Waals surface area contributed by atoms with Crippen LogP contribution in [0.2, 0.25) is 0 Å². The molecule has 0 unspecified atom stereocenters. The van der Waals surface area contributed by atoms with Gasteiger partial charge in [-0.05, 0) is 50.6 Å². The lowest BCUT2D eigenvalue weighted by Crippen LogP contribution is -2.47. The molecule has 2 aromatic heterocycles. The normalized spacial score (nSPS) is 15.2. The fourth-order valence-electron chi connectivity index (χ4n) is 4.04. The molecule has 0 spiro atoms. The van der Waals surface area contributed by atoms with Crippen LogP contribution in [0.3, 0.4) is 0 Å². The number of carbonyl (C=O) groups excluding carboxylic acids is 1. The van der Waals surface area contributed by atoms with E-state index in [9.17, 15) is 4.79 Å². The van der Waals surface area contributed by atoms with Crippen LogP contribution < -0.4 is 0 Å². The molecule has 1 N–H and O–H groups in total. The molecule has 0 atom stereocenters. The van der Waals surface area contributed by atoms with Crippen LogP contribution in [0.15, 0.2) is 48.8 Å². The molecule has 1 saturated heterocycles. The number of piperazine rings is 1. The number of carbonyl (C=O) groups is 1. The summed E-state index contributed by atoms with van der Waals surface area (Å²) in [7, 11) is 0. The Morgan fingerprint density at radius 2 is 1.83 bits per heavy atom. The minimum atomic E-state index is 0.0767. The largest absolute Gasteiger partial charge is 0.348 e. The molecule has 0 bridgehead atoms. The first-order chi connectivity index (χ1) is 14.5. The SMILES string of the molecule is Cc1ccc(-n2c(C)cc(/C=C/C(=O)N3CCN(Cc4ncc[nH]4)CC3)c2C)cc1. The highest BCUT2D eigenvalue weighted by Crippen LogP contribution is 2.22. The van der Waals surface area contributed by atoms with E-state index in [1.807, 2.05) is 17.2 Å². The van der Waals surface area contributed by atoms with Crippen LogP contribution in [0, 0.1) is 20.8 Å². The topological polar surface area (TPSA) is 57.2 Å². The summed E-state index contributed by atoms with van der Waals surface area (Å²) in [6, 6.07) is 10.7. The van der Waals surface area contributed by atoms with Gasteiger partial charge in [0, 0.05) is 61.7 Å². The number of aryl methyl sites for hydroxylation is 2. The van der Waals surface area contributed by atoms with Crippen molar-refractivity contribution in [2.75, 3.05) is 26.2 Å². The number of rotatable bonds is 5. The molecule has 0 saturated carbocycles. The van der Waals surface area contributed by atoms with Crippen molar-refractivity contribution in [2.24, 2.45) is 0 Å². The Hall–Kier alpha value is -3.12. The van der Waals surface area contributed by atoms with Gasteiger partial charge in [0.25, 0.3) is 0 Å². The maximum Gasteiger partial charge on any atom is 0.246 e. The number of nitrogens with one attached hydrogen (secondary N) is 1. The molecule has 0 aliphatic carbocycles. The highest BCUT2D eigenvalue weighted by molar-refractivity contribution is 5.92. The predicted octanol–water partition coefficient (Wildman–Crippen LogP) is 3.48. The third-order valence-corrected chi connectivity index (χ3v) is 5.78. The van der Waals surface area contributed by atoms with Crippen LogP contribution in [-0.2, 0) is 11.3 Å². The monoisotopic (exact) mass is 403 g/mol. The van der Waals surface area contributed by atoms with Crippen LogP contribution >= 0.6 is 0 Å². The van der Waals surface area contributed by atoms with E-state index >= 15 is 0 Å². The molecule has 6 heteroatoms. The lowest BCUT2D eigenvalue weighted by molar-refractivity contribution is -0.127. The standard InChI is InChI=1S/C24H29N5O/c1-18-4-7-22(8-5-18)29-19(2)16-21(20(29)3)6-9-24(30)28-14-12-27(13-15-28)17-23-25-10-11-26-23/h4-11,16H,12-15,17H2,1-3H3,(H,25,26)/b9-6+. The average molecular weight is 404 g/mol. The molecule has 1 aliphatic heterocycles. The Kier molecular flexibility index (Phi) is 5.86. The fraction of sp³-hybridized carbons (Fsp3) is 0.333. The number of nitrogens with zero attached hydrogens (tertiary/aromatic N) is 4. The van der Waals surface area contributed by atoms with Gasteiger partial charge in [0.2, 0.25) is 5.91 Å². The minimum absolute atomic E-state index is 0.0767. The number of benzene rings is 1. The Morgan fingerprint density at radius 1 is 1.10 bits per heavy atom.